The van der Waals surface area contributed by atoms with Gasteiger partial charge in [-0.25, -0.2) is 10.2 Å². The lowest BCUT2D eigenvalue weighted by atomic mass is 10.1. The number of pyridine rings is 1. The van der Waals surface area contributed by atoms with Crippen LogP contribution in [0.5, 0.6) is 11.5 Å². The molecule has 0 aliphatic heterocycles. The number of carbonyl (C=O) groups excluding carboxylic acids is 2. The zero-order chi connectivity index (χ0) is 23.1. The first-order valence-electron chi connectivity index (χ1n) is 9.75. The average molecular weight is 436 g/mol. The molecule has 0 aliphatic rings. The highest BCUT2D eigenvalue weighted by Gasteiger charge is 2.13. The summed E-state index contributed by atoms with van der Waals surface area (Å²) in [6.07, 6.45) is 1.45. The van der Waals surface area contributed by atoms with Crippen LogP contribution in [0.15, 0.2) is 65.6 Å². The fourth-order valence-electron chi connectivity index (χ4n) is 3.00. The van der Waals surface area contributed by atoms with Gasteiger partial charge in [0.15, 0.2) is 11.5 Å². The van der Waals surface area contributed by atoms with Crippen molar-refractivity contribution < 1.29 is 19.1 Å². The first-order chi connectivity index (χ1) is 15.4. The molecule has 32 heavy (non-hydrogen) atoms. The average Bonchev–Trinajstić information content (AvgIpc) is 2.80. The highest BCUT2D eigenvalue weighted by atomic mass is 16.5. The number of hydrogen-bond acceptors (Lipinski definition) is 5. The number of amides is 3. The first-order valence-corrected chi connectivity index (χ1v) is 9.75. The molecule has 0 radical (unpaired) electrons. The number of carbonyl (C=O) groups is 2. The number of para-hydroxylation sites is 1. The highest BCUT2D eigenvalue weighted by molar-refractivity contribution is 5.97. The van der Waals surface area contributed by atoms with Gasteiger partial charge >= 0.3 is 6.03 Å². The van der Waals surface area contributed by atoms with Gasteiger partial charge in [-0.15, -0.1) is 0 Å². The molecule has 3 aromatic rings. The summed E-state index contributed by atoms with van der Waals surface area (Å²) < 4.78 is 11.9. The van der Waals surface area contributed by atoms with Crippen LogP contribution < -0.4 is 31.2 Å². The van der Waals surface area contributed by atoms with E-state index in [-0.39, 0.29) is 11.1 Å². The molecule has 0 bridgehead atoms. The van der Waals surface area contributed by atoms with Crippen molar-refractivity contribution in [2.24, 2.45) is 0 Å². The van der Waals surface area contributed by atoms with Gasteiger partial charge in [0.2, 0.25) is 0 Å². The van der Waals surface area contributed by atoms with E-state index in [2.05, 4.69) is 16.2 Å². The normalized spacial score (nSPS) is 10.2. The van der Waals surface area contributed by atoms with Crippen LogP contribution in [0.1, 0.15) is 21.5 Å². The highest BCUT2D eigenvalue weighted by Crippen LogP contribution is 2.34. The number of hydrogen-bond donors (Lipinski definition) is 3. The Balaban J connectivity index is 1.64. The van der Waals surface area contributed by atoms with Crippen LogP contribution in [0.2, 0.25) is 0 Å². The second kappa shape index (κ2) is 10.2. The Morgan fingerprint density at radius 3 is 2.38 bits per heavy atom. The summed E-state index contributed by atoms with van der Waals surface area (Å²) in [7, 11) is 2.94. The molecule has 9 heteroatoms. The molecule has 166 valence electrons. The van der Waals surface area contributed by atoms with E-state index in [1.165, 1.54) is 37.1 Å². The van der Waals surface area contributed by atoms with Crippen molar-refractivity contribution in [3.05, 3.63) is 87.8 Å². The predicted octanol–water partition coefficient (Wildman–Crippen LogP) is 2.69. The van der Waals surface area contributed by atoms with Gasteiger partial charge in [0.1, 0.15) is 0 Å². The van der Waals surface area contributed by atoms with Crippen molar-refractivity contribution in [2.75, 3.05) is 19.5 Å². The van der Waals surface area contributed by atoms with Gasteiger partial charge < -0.3 is 19.4 Å². The third-order valence-corrected chi connectivity index (χ3v) is 4.66. The monoisotopic (exact) mass is 436 g/mol. The van der Waals surface area contributed by atoms with Crippen LogP contribution in [0.25, 0.3) is 0 Å². The van der Waals surface area contributed by atoms with Crippen LogP contribution in [0.4, 0.5) is 10.5 Å². The molecule has 1 heterocycles. The minimum atomic E-state index is -0.683. The van der Waals surface area contributed by atoms with Crippen molar-refractivity contribution in [3.8, 4) is 11.5 Å². The van der Waals surface area contributed by atoms with Crippen LogP contribution in [-0.2, 0) is 6.54 Å². The van der Waals surface area contributed by atoms with Gasteiger partial charge in [0.05, 0.1) is 32.0 Å². The van der Waals surface area contributed by atoms with Gasteiger partial charge in [0, 0.05) is 12.3 Å². The number of benzene rings is 2. The summed E-state index contributed by atoms with van der Waals surface area (Å²) in [6.45, 7) is 2.30. The summed E-state index contributed by atoms with van der Waals surface area (Å²) >= 11 is 0. The second-order valence-electron chi connectivity index (χ2n) is 6.94. The number of aromatic nitrogens is 1. The van der Waals surface area contributed by atoms with Crippen LogP contribution in [0, 0.1) is 6.92 Å². The van der Waals surface area contributed by atoms with E-state index in [0.29, 0.717) is 23.7 Å². The summed E-state index contributed by atoms with van der Waals surface area (Å²) in [4.78, 5) is 36.9. The fraction of sp³-hybridized carbons (Fsp3) is 0.174. The SMILES string of the molecule is COc1cccc(NC(=O)NNC(=O)c2ccc(=O)n(Cc3ccc(C)cc3)c2)c1OC. The molecule has 0 saturated heterocycles. The van der Waals surface area contributed by atoms with Gasteiger partial charge in [-0.3, -0.25) is 15.0 Å². The maximum Gasteiger partial charge on any atom is 0.338 e. The summed E-state index contributed by atoms with van der Waals surface area (Å²) in [6, 6.07) is 14.8. The predicted molar refractivity (Wildman–Crippen MR) is 120 cm³/mol. The summed E-state index contributed by atoms with van der Waals surface area (Å²) in [5, 5.41) is 2.58. The van der Waals surface area contributed by atoms with E-state index >= 15 is 0 Å². The van der Waals surface area contributed by atoms with Crippen LogP contribution in [0.3, 0.4) is 0 Å². The summed E-state index contributed by atoms with van der Waals surface area (Å²) in [5.74, 6) is 0.222. The Morgan fingerprint density at radius 2 is 1.69 bits per heavy atom. The number of methoxy groups -OCH3 is 2. The lowest BCUT2D eigenvalue weighted by Gasteiger charge is -2.14. The Hall–Kier alpha value is -4.27. The number of rotatable bonds is 6. The molecular formula is C23H24N4O5. The number of nitrogens with zero attached hydrogens (tertiary/aromatic N) is 1. The molecule has 0 aliphatic carbocycles. The molecule has 9 nitrogen and oxygen atoms in total. The molecule has 0 saturated carbocycles. The molecule has 3 amide bonds. The molecule has 0 unspecified atom stereocenters. The topological polar surface area (TPSA) is 111 Å². The lowest BCUT2D eigenvalue weighted by Crippen LogP contribution is -2.44. The maximum absolute atomic E-state index is 12.5. The molecule has 0 spiro atoms. The lowest BCUT2D eigenvalue weighted by molar-refractivity contribution is 0.0937. The van der Waals surface area contributed by atoms with E-state index < -0.39 is 11.9 Å². The van der Waals surface area contributed by atoms with E-state index in [9.17, 15) is 14.4 Å². The number of urea groups is 1. The molecular weight excluding hydrogens is 412 g/mol. The Kier molecular flexibility index (Phi) is 7.12. The van der Waals surface area contributed by atoms with Crippen LogP contribution >= 0.6 is 0 Å². The van der Waals surface area contributed by atoms with Gasteiger partial charge in [-0.2, -0.15) is 0 Å². The van der Waals surface area contributed by atoms with Crippen LogP contribution in [-0.4, -0.2) is 30.7 Å². The fourth-order valence-corrected chi connectivity index (χ4v) is 3.00. The van der Waals surface area contributed by atoms with E-state index in [0.717, 1.165) is 11.1 Å². The third-order valence-electron chi connectivity index (χ3n) is 4.66. The zero-order valence-corrected chi connectivity index (χ0v) is 18.0. The Bertz CT molecular complexity index is 1170. The molecule has 2 aromatic carbocycles. The van der Waals surface area contributed by atoms with Gasteiger partial charge in [-0.05, 0) is 30.7 Å². The minimum Gasteiger partial charge on any atom is -0.493 e. The number of aryl methyl sites for hydroxylation is 1. The molecule has 0 fully saturated rings. The van der Waals surface area contributed by atoms with Gasteiger partial charge in [0.25, 0.3) is 11.5 Å². The molecule has 0 atom stereocenters. The number of nitrogens with one attached hydrogen (secondary N) is 3. The molecule has 1 aromatic heterocycles. The quantitative estimate of drug-likeness (QED) is 0.515. The number of hydrazine groups is 1. The smallest absolute Gasteiger partial charge is 0.338 e. The first kappa shape index (κ1) is 22.4. The number of anilines is 1. The summed E-state index contributed by atoms with van der Waals surface area (Å²) in [5.41, 5.74) is 6.98. The zero-order valence-electron chi connectivity index (χ0n) is 18.0. The Labute approximate surface area is 184 Å². The largest absolute Gasteiger partial charge is 0.493 e. The number of ether oxygens (including phenoxy) is 2. The van der Waals surface area contributed by atoms with Crippen molar-refractivity contribution >= 4 is 17.6 Å². The van der Waals surface area contributed by atoms with Crippen molar-refractivity contribution in [1.82, 2.24) is 15.4 Å². The van der Waals surface area contributed by atoms with E-state index in [4.69, 9.17) is 9.47 Å². The van der Waals surface area contributed by atoms with Gasteiger partial charge in [-0.1, -0.05) is 35.9 Å². The third kappa shape index (κ3) is 5.45. The molecule has 3 rings (SSSR count). The van der Waals surface area contributed by atoms with Crippen molar-refractivity contribution in [1.29, 1.82) is 0 Å². The van der Waals surface area contributed by atoms with E-state index in [1.54, 1.807) is 18.2 Å². The van der Waals surface area contributed by atoms with E-state index in [1.807, 2.05) is 31.2 Å². The maximum atomic E-state index is 12.5. The van der Waals surface area contributed by atoms with Crippen molar-refractivity contribution in [3.63, 3.8) is 0 Å². The molecule has 3 N–H and O–H groups in total. The minimum absolute atomic E-state index is 0.218. The van der Waals surface area contributed by atoms with Crippen molar-refractivity contribution in [2.45, 2.75) is 13.5 Å². The second-order valence-corrected chi connectivity index (χ2v) is 6.94. The standard InChI is InChI=1S/C23H24N4O5/c1-15-7-9-16(10-8-15)13-27-14-17(11-12-20(27)28)22(29)25-26-23(30)24-18-5-4-6-19(31-2)21(18)32-3/h4-12,14H,13H2,1-3H3,(H,25,29)(H2,24,26,30). The Morgan fingerprint density at radius 1 is 0.938 bits per heavy atom.